The minimum Gasteiger partial charge on any atom is -0.478 e. The molecule has 176 valence electrons. The largest absolute Gasteiger partial charge is 0.478 e. The summed E-state index contributed by atoms with van der Waals surface area (Å²) in [7, 11) is 0. The molecule has 0 heterocycles. The van der Waals surface area contributed by atoms with E-state index >= 15 is 0 Å². The summed E-state index contributed by atoms with van der Waals surface area (Å²) >= 11 is 0. The molecule has 2 aromatic carbocycles. The first-order valence-electron chi connectivity index (χ1n) is 12.0. The Kier molecular flexibility index (Phi) is 13.8. The molecule has 0 amide bonds. The van der Waals surface area contributed by atoms with E-state index in [9.17, 15) is 9.59 Å². The lowest BCUT2D eigenvalue weighted by atomic mass is 10.0. The highest BCUT2D eigenvalue weighted by atomic mass is 16.5. The Bertz CT molecular complexity index is 809. The molecule has 1 N–H and O–H groups in total. The highest BCUT2D eigenvalue weighted by Crippen LogP contribution is 2.14. The van der Waals surface area contributed by atoms with Gasteiger partial charge in [-0.2, -0.15) is 0 Å². The number of aromatic carboxylic acids is 1. The zero-order valence-electron chi connectivity index (χ0n) is 20.3. The molecule has 4 nitrogen and oxygen atoms in total. The van der Waals surface area contributed by atoms with Crippen LogP contribution in [0.25, 0.3) is 0 Å². The van der Waals surface area contributed by atoms with Crippen LogP contribution in [0.3, 0.4) is 0 Å². The summed E-state index contributed by atoms with van der Waals surface area (Å²) in [6, 6.07) is 13.1. The second-order valence-electron chi connectivity index (χ2n) is 8.33. The van der Waals surface area contributed by atoms with E-state index in [1.807, 2.05) is 50.2 Å². The lowest BCUT2D eigenvalue weighted by molar-refractivity contribution is 0.0497. The van der Waals surface area contributed by atoms with E-state index in [-0.39, 0.29) is 5.97 Å². The quantitative estimate of drug-likeness (QED) is 0.273. The van der Waals surface area contributed by atoms with Crippen LogP contribution in [0, 0.1) is 13.8 Å². The molecule has 0 aliphatic heterocycles. The van der Waals surface area contributed by atoms with Crippen LogP contribution in [0.4, 0.5) is 0 Å². The molecule has 0 aliphatic rings. The van der Waals surface area contributed by atoms with E-state index in [4.69, 9.17) is 9.84 Å². The van der Waals surface area contributed by atoms with Gasteiger partial charge in [-0.25, -0.2) is 9.59 Å². The van der Waals surface area contributed by atoms with Crippen LogP contribution in [0.1, 0.15) is 103 Å². The molecule has 0 unspecified atom stereocenters. The van der Waals surface area contributed by atoms with Gasteiger partial charge in [0, 0.05) is 0 Å². The fourth-order valence-electron chi connectivity index (χ4n) is 3.34. The van der Waals surface area contributed by atoms with Crippen LogP contribution in [0.5, 0.6) is 0 Å². The number of hydrogen-bond donors (Lipinski definition) is 1. The number of carbonyl (C=O) groups is 2. The zero-order valence-corrected chi connectivity index (χ0v) is 20.3. The third-order valence-corrected chi connectivity index (χ3v) is 5.36. The van der Waals surface area contributed by atoms with Crippen LogP contribution in [-0.2, 0) is 11.2 Å². The number of unbranched alkanes of at least 4 members (excludes halogenated alkanes) is 6. The number of rotatable bonds is 12. The topological polar surface area (TPSA) is 63.6 Å². The molecule has 2 aromatic rings. The van der Waals surface area contributed by atoms with Crippen molar-refractivity contribution >= 4 is 11.9 Å². The smallest absolute Gasteiger partial charge is 0.338 e. The molecule has 0 radical (unpaired) electrons. The highest BCUT2D eigenvalue weighted by Gasteiger charge is 2.07. The van der Waals surface area contributed by atoms with Crippen LogP contribution >= 0.6 is 0 Å². The Morgan fingerprint density at radius 1 is 0.812 bits per heavy atom. The Balaban J connectivity index is 0.000000320. The third-order valence-electron chi connectivity index (χ3n) is 5.36. The number of carbonyl (C=O) groups excluding carboxylic acids is 1. The van der Waals surface area contributed by atoms with E-state index < -0.39 is 5.97 Å². The summed E-state index contributed by atoms with van der Waals surface area (Å²) in [5, 5.41) is 8.90. The summed E-state index contributed by atoms with van der Waals surface area (Å²) in [4.78, 5) is 22.4. The number of esters is 1. The zero-order chi connectivity index (χ0) is 23.8. The van der Waals surface area contributed by atoms with Crippen molar-refractivity contribution < 1.29 is 19.4 Å². The molecule has 0 aliphatic carbocycles. The number of ether oxygens (including phenoxy) is 1. The minimum absolute atomic E-state index is 0.212. The van der Waals surface area contributed by atoms with Gasteiger partial charge < -0.3 is 9.84 Å². The van der Waals surface area contributed by atoms with Gasteiger partial charge in [0.1, 0.15) is 0 Å². The summed E-state index contributed by atoms with van der Waals surface area (Å²) in [5.74, 6) is -1.05. The van der Waals surface area contributed by atoms with Crippen molar-refractivity contribution in [2.75, 3.05) is 6.61 Å². The molecular weight excluding hydrogens is 400 g/mol. The average Bonchev–Trinajstić information content (AvgIpc) is 2.77. The van der Waals surface area contributed by atoms with Gasteiger partial charge in [-0.1, -0.05) is 82.2 Å². The first-order chi connectivity index (χ1) is 15.4. The Morgan fingerprint density at radius 2 is 1.44 bits per heavy atom. The van der Waals surface area contributed by atoms with Crippen LogP contribution < -0.4 is 0 Å². The second-order valence-corrected chi connectivity index (χ2v) is 8.33. The third kappa shape index (κ3) is 11.1. The lowest BCUT2D eigenvalue weighted by Crippen LogP contribution is -2.06. The maximum atomic E-state index is 11.6. The molecule has 32 heavy (non-hydrogen) atoms. The van der Waals surface area contributed by atoms with Gasteiger partial charge >= 0.3 is 11.9 Å². The first-order valence-corrected chi connectivity index (χ1v) is 12.0. The van der Waals surface area contributed by atoms with Crippen LogP contribution in [0.15, 0.2) is 42.5 Å². The van der Waals surface area contributed by atoms with Gasteiger partial charge in [-0.15, -0.1) is 0 Å². The van der Waals surface area contributed by atoms with E-state index in [0.29, 0.717) is 17.7 Å². The summed E-state index contributed by atoms with van der Waals surface area (Å²) < 4.78 is 5.18. The summed E-state index contributed by atoms with van der Waals surface area (Å²) in [6.45, 7) is 8.76. The number of hydrogen-bond acceptors (Lipinski definition) is 3. The predicted molar refractivity (Wildman–Crippen MR) is 132 cm³/mol. The van der Waals surface area contributed by atoms with Gasteiger partial charge in [0.05, 0.1) is 17.7 Å². The van der Waals surface area contributed by atoms with Gasteiger partial charge in [0.2, 0.25) is 0 Å². The average molecular weight is 441 g/mol. The molecule has 0 fully saturated rings. The van der Waals surface area contributed by atoms with E-state index in [1.54, 1.807) is 6.07 Å². The molecule has 0 saturated carbocycles. The van der Waals surface area contributed by atoms with Gasteiger partial charge in [0.25, 0.3) is 0 Å². The summed E-state index contributed by atoms with van der Waals surface area (Å²) in [5.41, 5.74) is 4.32. The Labute approximate surface area is 194 Å². The van der Waals surface area contributed by atoms with Gasteiger partial charge in [-0.05, 0) is 62.4 Å². The van der Waals surface area contributed by atoms with Crippen molar-refractivity contribution in [3.05, 3.63) is 70.3 Å². The molecule has 0 spiro atoms. The molecule has 0 saturated heterocycles. The van der Waals surface area contributed by atoms with Crippen LogP contribution in [0.2, 0.25) is 0 Å². The number of aryl methyl sites for hydroxylation is 3. The molecule has 2 rings (SSSR count). The van der Waals surface area contributed by atoms with Gasteiger partial charge in [-0.3, -0.25) is 0 Å². The molecular formula is C28H40O4. The standard InChI is InChI=1S/2C14H20O2/c1-3-4-5-6-11-16-14(15)13-9-7-12(2)8-10-13;1-3-4-5-6-7-12-8-9-13(14(15)16)11(2)10-12/h7-10H,3-6,11H2,1-2H3;8-10H,3-7H2,1-2H3,(H,15,16). The maximum Gasteiger partial charge on any atom is 0.338 e. The summed E-state index contributed by atoms with van der Waals surface area (Å²) in [6.07, 6.45) is 10.6. The Hall–Kier alpha value is -2.62. The highest BCUT2D eigenvalue weighted by molar-refractivity contribution is 5.89. The van der Waals surface area contributed by atoms with Crippen LogP contribution in [-0.4, -0.2) is 23.7 Å². The maximum absolute atomic E-state index is 11.6. The number of carboxylic acid groups (broad SMARTS) is 1. The number of benzene rings is 2. The van der Waals surface area contributed by atoms with Crippen molar-refractivity contribution in [3.8, 4) is 0 Å². The normalized spacial score (nSPS) is 10.2. The van der Waals surface area contributed by atoms with Crippen molar-refractivity contribution in [2.45, 2.75) is 85.5 Å². The lowest BCUT2D eigenvalue weighted by Gasteiger charge is -2.05. The first kappa shape index (κ1) is 27.4. The Morgan fingerprint density at radius 3 is 2.00 bits per heavy atom. The van der Waals surface area contributed by atoms with E-state index in [0.717, 1.165) is 30.4 Å². The number of carboxylic acids is 1. The van der Waals surface area contributed by atoms with Gasteiger partial charge in [0.15, 0.2) is 0 Å². The van der Waals surface area contributed by atoms with Crippen molar-refractivity contribution in [1.82, 2.24) is 0 Å². The molecule has 0 atom stereocenters. The monoisotopic (exact) mass is 440 g/mol. The fraction of sp³-hybridized carbons (Fsp3) is 0.500. The van der Waals surface area contributed by atoms with E-state index in [2.05, 4.69) is 13.8 Å². The minimum atomic E-state index is -0.838. The SMILES string of the molecule is CCCCCCOC(=O)c1ccc(C)cc1.CCCCCCc1ccc(C(=O)O)c(C)c1. The van der Waals surface area contributed by atoms with Crippen molar-refractivity contribution in [2.24, 2.45) is 0 Å². The molecule has 4 heteroatoms. The van der Waals surface area contributed by atoms with E-state index in [1.165, 1.54) is 44.1 Å². The van der Waals surface area contributed by atoms with Crippen molar-refractivity contribution in [1.29, 1.82) is 0 Å². The van der Waals surface area contributed by atoms with Crippen molar-refractivity contribution in [3.63, 3.8) is 0 Å². The second kappa shape index (κ2) is 16.1. The fourth-order valence-corrected chi connectivity index (χ4v) is 3.34. The molecule has 0 aromatic heterocycles. The predicted octanol–water partition coefficient (Wildman–Crippen LogP) is 7.55. The molecule has 0 bridgehead atoms.